The topological polar surface area (TPSA) is 155 Å². The van der Waals surface area contributed by atoms with Crippen LogP contribution in [0.25, 0.3) is 11.8 Å². The van der Waals surface area contributed by atoms with Gasteiger partial charge in [-0.15, -0.1) is 0 Å². The number of ether oxygens (including phenoxy) is 4. The molecule has 1 saturated heterocycles. The van der Waals surface area contributed by atoms with E-state index in [0.29, 0.717) is 28.9 Å². The van der Waals surface area contributed by atoms with Crippen LogP contribution in [0.2, 0.25) is 0 Å². The van der Waals surface area contributed by atoms with Crippen molar-refractivity contribution in [3.63, 3.8) is 0 Å². The molecule has 5 N–H and O–H groups in total. The molecular formula is C35H42O10. The lowest BCUT2D eigenvalue weighted by molar-refractivity contribution is -0.277. The summed E-state index contributed by atoms with van der Waals surface area (Å²) >= 11 is 0. The van der Waals surface area contributed by atoms with Crippen molar-refractivity contribution < 1.29 is 49.3 Å². The molecule has 0 radical (unpaired) electrons. The fraction of sp³-hybridized carbons (Fsp3) is 0.514. The Labute approximate surface area is 262 Å². The van der Waals surface area contributed by atoms with Crippen molar-refractivity contribution in [3.8, 4) is 11.5 Å². The number of benzene rings is 2. The highest BCUT2D eigenvalue weighted by Crippen LogP contribution is 2.58. The summed E-state index contributed by atoms with van der Waals surface area (Å²) in [5.41, 5.74) is 3.87. The Morgan fingerprint density at radius 1 is 0.911 bits per heavy atom. The molecule has 0 amide bonds. The molecule has 242 valence electrons. The number of hydrogen-bond acceptors (Lipinski definition) is 10. The van der Waals surface area contributed by atoms with Crippen LogP contribution in [-0.4, -0.2) is 82.3 Å². The monoisotopic (exact) mass is 622 g/mol. The van der Waals surface area contributed by atoms with E-state index >= 15 is 0 Å². The van der Waals surface area contributed by atoms with Gasteiger partial charge in [0.1, 0.15) is 54.9 Å². The van der Waals surface area contributed by atoms with E-state index in [1.54, 1.807) is 37.5 Å². The molecule has 4 bridgehead atoms. The molecule has 0 aromatic heterocycles. The molecule has 45 heavy (non-hydrogen) atoms. The molecule has 4 aliphatic carbocycles. The highest BCUT2D eigenvalue weighted by molar-refractivity contribution is 5.94. The third-order valence-electron chi connectivity index (χ3n) is 9.78. The molecule has 1 heterocycles. The lowest BCUT2D eigenvalue weighted by Gasteiger charge is -2.51. The Morgan fingerprint density at radius 3 is 2.22 bits per heavy atom. The first-order chi connectivity index (χ1) is 21.8. The van der Waals surface area contributed by atoms with Crippen LogP contribution >= 0.6 is 0 Å². The third-order valence-corrected chi connectivity index (χ3v) is 9.78. The third kappa shape index (κ3) is 6.67. The average Bonchev–Trinajstić information content (AvgIpc) is 3.05. The number of ketones is 1. The minimum Gasteiger partial charge on any atom is -0.496 e. The van der Waals surface area contributed by atoms with Crippen LogP contribution in [0.5, 0.6) is 11.5 Å². The highest BCUT2D eigenvalue weighted by Gasteiger charge is 2.47. The predicted molar refractivity (Wildman–Crippen MR) is 164 cm³/mol. The quantitative estimate of drug-likeness (QED) is 0.187. The van der Waals surface area contributed by atoms with Gasteiger partial charge >= 0.3 is 0 Å². The van der Waals surface area contributed by atoms with Gasteiger partial charge in [-0.2, -0.15) is 0 Å². The number of methoxy groups -OCH3 is 1. The van der Waals surface area contributed by atoms with E-state index in [0.717, 1.165) is 28.7 Å². The van der Waals surface area contributed by atoms with Gasteiger partial charge in [-0.3, -0.25) is 4.79 Å². The van der Waals surface area contributed by atoms with Gasteiger partial charge in [0.05, 0.1) is 13.7 Å². The second-order valence-corrected chi connectivity index (χ2v) is 12.8. The van der Waals surface area contributed by atoms with Gasteiger partial charge in [0, 0.05) is 11.1 Å². The minimum atomic E-state index is -1.53. The lowest BCUT2D eigenvalue weighted by Crippen LogP contribution is -2.60. The van der Waals surface area contributed by atoms with Gasteiger partial charge in [-0.25, -0.2) is 0 Å². The Kier molecular flexibility index (Phi) is 9.60. The number of hydrogen-bond donors (Lipinski definition) is 5. The summed E-state index contributed by atoms with van der Waals surface area (Å²) < 4.78 is 23.5. The summed E-state index contributed by atoms with van der Waals surface area (Å²) in [6.07, 6.45) is 2.44. The van der Waals surface area contributed by atoms with Crippen LogP contribution in [0.15, 0.2) is 54.1 Å². The average molecular weight is 623 g/mol. The van der Waals surface area contributed by atoms with E-state index in [2.05, 4.69) is 0 Å². The van der Waals surface area contributed by atoms with Gasteiger partial charge in [0.2, 0.25) is 6.29 Å². The number of carbonyl (C=O) groups is 1. The van der Waals surface area contributed by atoms with Gasteiger partial charge in [0.15, 0.2) is 5.78 Å². The lowest BCUT2D eigenvalue weighted by atomic mass is 9.54. The van der Waals surface area contributed by atoms with E-state index < -0.39 is 49.7 Å². The highest BCUT2D eigenvalue weighted by atomic mass is 16.7. The first-order valence-electron chi connectivity index (χ1n) is 15.7. The number of carbonyl (C=O) groups excluding carboxylic acids is 1. The molecule has 10 heteroatoms. The van der Waals surface area contributed by atoms with Crippen molar-refractivity contribution in [1.82, 2.24) is 0 Å². The Morgan fingerprint density at radius 2 is 1.60 bits per heavy atom. The number of aliphatic hydroxyl groups is 5. The summed E-state index contributed by atoms with van der Waals surface area (Å²) in [6, 6.07) is 12.7. The number of aliphatic hydroxyl groups excluding tert-OH is 5. The van der Waals surface area contributed by atoms with Gasteiger partial charge in [-0.1, -0.05) is 24.3 Å². The van der Waals surface area contributed by atoms with Crippen LogP contribution < -0.4 is 9.47 Å². The van der Waals surface area contributed by atoms with Crippen molar-refractivity contribution >= 4 is 17.6 Å². The second kappa shape index (κ2) is 13.6. The predicted octanol–water partition coefficient (Wildman–Crippen LogP) is 2.83. The molecular weight excluding hydrogens is 580 g/mol. The zero-order chi connectivity index (χ0) is 31.7. The zero-order valence-corrected chi connectivity index (χ0v) is 25.3. The van der Waals surface area contributed by atoms with E-state index in [1.807, 2.05) is 18.2 Å². The molecule has 5 atom stereocenters. The second-order valence-electron chi connectivity index (χ2n) is 12.8. The molecule has 5 fully saturated rings. The maximum atomic E-state index is 11.8. The zero-order valence-electron chi connectivity index (χ0n) is 25.3. The summed E-state index contributed by atoms with van der Waals surface area (Å²) in [5, 5.41) is 48.9. The first kappa shape index (κ1) is 31.7. The van der Waals surface area contributed by atoms with E-state index in [4.69, 9.17) is 18.9 Å². The van der Waals surface area contributed by atoms with Crippen molar-refractivity contribution in [2.45, 2.75) is 69.4 Å². The summed E-state index contributed by atoms with van der Waals surface area (Å²) in [6.45, 7) is -0.919. The van der Waals surface area contributed by atoms with Crippen molar-refractivity contribution in [3.05, 3.63) is 70.8 Å². The maximum Gasteiger partial charge on any atom is 0.229 e. The van der Waals surface area contributed by atoms with Crippen molar-refractivity contribution in [1.29, 1.82) is 0 Å². The molecule has 5 aliphatic rings. The first-order valence-corrected chi connectivity index (χ1v) is 15.7. The maximum absolute atomic E-state index is 11.8. The van der Waals surface area contributed by atoms with Gasteiger partial charge < -0.3 is 44.5 Å². The molecule has 0 spiro atoms. The Balaban J connectivity index is 1.20. The largest absolute Gasteiger partial charge is 0.496 e. The molecule has 7 rings (SSSR count). The van der Waals surface area contributed by atoms with Gasteiger partial charge in [0.25, 0.3) is 0 Å². The fourth-order valence-corrected chi connectivity index (χ4v) is 7.76. The summed E-state index contributed by atoms with van der Waals surface area (Å²) in [4.78, 5) is 11.8. The Hall–Kier alpha value is -3.25. The standard InChI is InChI=1S/C35H42O10/c1-42-34(30-24-11-20-10-21(13-24)14-25(30)12-20)23-5-4-22(6-7-26(38)16-36)28(15-23)43-18-19-2-8-27(9-3-19)44-35-33(41)32(40)31(39)29(17-37)45-35/h2-9,15,20-21,24-25,29,31-33,35-37,39-41H,10-14,16-18H2,1H3/b7-6+,34-30?/t20?,21?,24?,25?,29?,31-,32-,33?,35+/m0/s1. The Bertz CT molecular complexity index is 1380. The van der Waals surface area contributed by atoms with Crippen LogP contribution in [0.4, 0.5) is 0 Å². The van der Waals surface area contributed by atoms with Crippen LogP contribution in [-0.2, 0) is 20.9 Å². The molecule has 1 aliphatic heterocycles. The van der Waals surface area contributed by atoms with Crippen LogP contribution in [0.1, 0.15) is 48.8 Å². The molecule has 2 aromatic carbocycles. The normalized spacial score (nSPS) is 32.1. The van der Waals surface area contributed by atoms with Gasteiger partial charge in [-0.05, 0) is 97.3 Å². The summed E-state index contributed by atoms with van der Waals surface area (Å²) in [7, 11) is 1.73. The molecule has 4 saturated carbocycles. The number of allylic oxidation sites excluding steroid dienone is 1. The molecule has 10 nitrogen and oxygen atoms in total. The van der Waals surface area contributed by atoms with E-state index in [1.165, 1.54) is 43.8 Å². The van der Waals surface area contributed by atoms with Crippen molar-refractivity contribution in [2.75, 3.05) is 20.3 Å². The van der Waals surface area contributed by atoms with Crippen LogP contribution in [0.3, 0.4) is 0 Å². The molecule has 2 aromatic rings. The number of rotatable bonds is 11. The summed E-state index contributed by atoms with van der Waals surface area (Å²) in [5.74, 6) is 4.21. The molecule has 2 unspecified atom stereocenters. The fourth-order valence-electron chi connectivity index (χ4n) is 7.76. The van der Waals surface area contributed by atoms with E-state index in [9.17, 15) is 30.3 Å². The smallest absolute Gasteiger partial charge is 0.229 e. The SMILES string of the molecule is COC(=C1C2CC3CC(C2)CC1C3)c1ccc(/C=C/C(=O)CO)c(OCc2ccc(O[C@@H]3OC(CO)[C@H](O)[C@H](O)C3O)cc2)c1. The van der Waals surface area contributed by atoms with E-state index in [-0.39, 0.29) is 6.61 Å². The van der Waals surface area contributed by atoms with Crippen molar-refractivity contribution in [2.24, 2.45) is 23.7 Å². The minimum absolute atomic E-state index is 0.200. The van der Waals surface area contributed by atoms with Crippen LogP contribution in [0, 0.1) is 23.7 Å².